The van der Waals surface area contributed by atoms with Crippen LogP contribution in [-0.2, 0) is 0 Å². The summed E-state index contributed by atoms with van der Waals surface area (Å²) in [5.41, 5.74) is -0.184. The average Bonchev–Trinajstić information content (AvgIpc) is 2.95. The Morgan fingerprint density at radius 2 is 2.12 bits per heavy atom. The lowest BCUT2D eigenvalue weighted by Gasteiger charge is -2.33. The highest BCUT2D eigenvalue weighted by molar-refractivity contribution is 5.18. The van der Waals surface area contributed by atoms with E-state index in [9.17, 15) is 5.26 Å². The van der Waals surface area contributed by atoms with Gasteiger partial charge in [-0.1, -0.05) is 13.8 Å². The molecule has 1 N–H and O–H groups in total. The summed E-state index contributed by atoms with van der Waals surface area (Å²) in [4.78, 5) is 2.41. The first-order valence-electron chi connectivity index (χ1n) is 7.12. The van der Waals surface area contributed by atoms with Crippen molar-refractivity contribution in [3.63, 3.8) is 0 Å². The quantitative estimate of drug-likeness (QED) is 0.765. The van der Waals surface area contributed by atoms with E-state index in [0.717, 1.165) is 38.5 Å². The summed E-state index contributed by atoms with van der Waals surface area (Å²) >= 11 is 0. The van der Waals surface area contributed by atoms with Crippen molar-refractivity contribution in [1.82, 2.24) is 10.2 Å². The van der Waals surface area contributed by atoms with E-state index in [1.165, 1.54) is 19.3 Å². The van der Waals surface area contributed by atoms with Gasteiger partial charge in [0, 0.05) is 13.1 Å². The first-order valence-corrected chi connectivity index (χ1v) is 7.12. The van der Waals surface area contributed by atoms with Crippen molar-refractivity contribution in [2.45, 2.75) is 45.1 Å². The van der Waals surface area contributed by atoms with Crippen molar-refractivity contribution in [3.8, 4) is 6.07 Å². The van der Waals surface area contributed by atoms with Crippen molar-refractivity contribution < 1.29 is 0 Å². The summed E-state index contributed by atoms with van der Waals surface area (Å²) in [5.74, 6) is 1.44. The molecule has 0 amide bonds. The molecular formula is C14H25N3. The molecule has 3 nitrogen and oxygen atoms in total. The summed E-state index contributed by atoms with van der Waals surface area (Å²) in [5, 5.41) is 13.1. The Morgan fingerprint density at radius 3 is 2.59 bits per heavy atom. The second-order valence-corrected chi connectivity index (χ2v) is 5.62. The second-order valence-electron chi connectivity index (χ2n) is 5.62. The van der Waals surface area contributed by atoms with Gasteiger partial charge < -0.3 is 4.90 Å². The van der Waals surface area contributed by atoms with Gasteiger partial charge in [-0.3, -0.25) is 5.32 Å². The first kappa shape index (κ1) is 12.9. The Kier molecular flexibility index (Phi) is 4.06. The van der Waals surface area contributed by atoms with Gasteiger partial charge >= 0.3 is 0 Å². The normalized spacial score (nSPS) is 35.4. The van der Waals surface area contributed by atoms with Crippen LogP contribution < -0.4 is 5.32 Å². The fourth-order valence-corrected chi connectivity index (χ4v) is 3.70. The maximum atomic E-state index is 9.49. The first-order chi connectivity index (χ1) is 8.24. The van der Waals surface area contributed by atoms with Gasteiger partial charge in [0.2, 0.25) is 0 Å². The van der Waals surface area contributed by atoms with Gasteiger partial charge in [-0.15, -0.1) is 0 Å². The van der Waals surface area contributed by atoms with Gasteiger partial charge in [0.15, 0.2) is 0 Å². The summed E-state index contributed by atoms with van der Waals surface area (Å²) < 4.78 is 0. The van der Waals surface area contributed by atoms with E-state index in [-0.39, 0.29) is 5.54 Å². The number of nitrogens with one attached hydrogen (secondary N) is 1. The van der Waals surface area contributed by atoms with E-state index in [0.29, 0.717) is 5.92 Å². The number of nitriles is 1. The topological polar surface area (TPSA) is 39.1 Å². The molecule has 0 heterocycles. The zero-order valence-corrected chi connectivity index (χ0v) is 11.2. The standard InChI is InChI=1S/C14H25N3/c1-3-17(4-2)8-7-16-14(11-15)10-12-5-6-13(14)9-12/h12-13,16H,3-10H2,1-2H3. The molecule has 0 radical (unpaired) electrons. The van der Waals surface area contributed by atoms with Gasteiger partial charge in [-0.25, -0.2) is 0 Å². The summed E-state index contributed by atoms with van der Waals surface area (Å²) in [7, 11) is 0. The monoisotopic (exact) mass is 235 g/mol. The molecule has 2 fully saturated rings. The van der Waals surface area contributed by atoms with Crippen LogP contribution in [0.2, 0.25) is 0 Å². The van der Waals surface area contributed by atoms with Crippen molar-refractivity contribution in [2.24, 2.45) is 11.8 Å². The number of hydrogen-bond donors (Lipinski definition) is 1. The van der Waals surface area contributed by atoms with Gasteiger partial charge in [0.25, 0.3) is 0 Å². The van der Waals surface area contributed by atoms with Crippen LogP contribution in [0.3, 0.4) is 0 Å². The molecule has 2 aliphatic carbocycles. The Bertz CT molecular complexity index is 292. The maximum Gasteiger partial charge on any atom is 0.109 e. The minimum absolute atomic E-state index is 0.184. The molecule has 3 atom stereocenters. The van der Waals surface area contributed by atoms with E-state index in [4.69, 9.17) is 0 Å². The Labute approximate surface area is 105 Å². The van der Waals surface area contributed by atoms with Crippen molar-refractivity contribution in [1.29, 1.82) is 5.26 Å². The molecule has 17 heavy (non-hydrogen) atoms. The largest absolute Gasteiger partial charge is 0.303 e. The summed E-state index contributed by atoms with van der Waals surface area (Å²) in [6.45, 7) is 8.61. The molecule has 3 unspecified atom stereocenters. The van der Waals surface area contributed by atoms with E-state index >= 15 is 0 Å². The number of hydrogen-bond acceptors (Lipinski definition) is 3. The Hall–Kier alpha value is -0.590. The lowest BCUT2D eigenvalue weighted by molar-refractivity contribution is 0.244. The third-order valence-corrected chi connectivity index (χ3v) is 4.81. The van der Waals surface area contributed by atoms with Crippen LogP contribution >= 0.6 is 0 Å². The van der Waals surface area contributed by atoms with Gasteiger partial charge in [0.05, 0.1) is 6.07 Å². The lowest BCUT2D eigenvalue weighted by Crippen LogP contribution is -2.50. The van der Waals surface area contributed by atoms with Crippen LogP contribution in [-0.4, -0.2) is 36.6 Å². The zero-order valence-electron chi connectivity index (χ0n) is 11.2. The molecule has 0 aromatic rings. The highest BCUT2D eigenvalue weighted by atomic mass is 15.1. The van der Waals surface area contributed by atoms with Gasteiger partial charge in [-0.05, 0) is 50.6 Å². The van der Waals surface area contributed by atoms with Gasteiger partial charge in [0.1, 0.15) is 5.54 Å². The van der Waals surface area contributed by atoms with Gasteiger partial charge in [-0.2, -0.15) is 5.26 Å². The van der Waals surface area contributed by atoms with Crippen molar-refractivity contribution in [3.05, 3.63) is 0 Å². The Balaban J connectivity index is 1.83. The van der Waals surface area contributed by atoms with Crippen LogP contribution in [0.1, 0.15) is 39.5 Å². The van der Waals surface area contributed by atoms with Crippen LogP contribution in [0.4, 0.5) is 0 Å². The molecule has 3 heteroatoms. The zero-order chi connectivity index (χ0) is 12.3. The highest BCUT2D eigenvalue weighted by Gasteiger charge is 2.51. The molecule has 0 spiro atoms. The third-order valence-electron chi connectivity index (χ3n) is 4.81. The molecule has 0 aromatic heterocycles. The second kappa shape index (κ2) is 5.37. The fourth-order valence-electron chi connectivity index (χ4n) is 3.70. The SMILES string of the molecule is CCN(CC)CCNC1(C#N)CC2CCC1C2. The molecule has 0 aromatic carbocycles. The average molecular weight is 235 g/mol. The van der Waals surface area contributed by atoms with E-state index in [1.807, 2.05) is 0 Å². The maximum absolute atomic E-state index is 9.49. The Morgan fingerprint density at radius 1 is 1.35 bits per heavy atom. The number of likely N-dealkylation sites (N-methyl/N-ethyl adjacent to an activating group) is 1. The molecule has 0 aliphatic heterocycles. The molecule has 0 saturated heterocycles. The molecule has 2 saturated carbocycles. The summed E-state index contributed by atoms with van der Waals surface area (Å²) in [6, 6.07) is 2.59. The van der Waals surface area contributed by atoms with E-state index in [1.54, 1.807) is 0 Å². The minimum atomic E-state index is -0.184. The highest BCUT2D eigenvalue weighted by Crippen LogP contribution is 2.50. The fraction of sp³-hybridized carbons (Fsp3) is 0.929. The number of nitrogens with zero attached hydrogens (tertiary/aromatic N) is 2. The lowest BCUT2D eigenvalue weighted by atomic mass is 9.82. The third kappa shape index (κ3) is 2.48. The number of rotatable bonds is 6. The van der Waals surface area contributed by atoms with E-state index in [2.05, 4.69) is 30.1 Å². The van der Waals surface area contributed by atoms with Crippen LogP contribution in [0.15, 0.2) is 0 Å². The number of fused-ring (bicyclic) bond motifs is 2. The van der Waals surface area contributed by atoms with E-state index < -0.39 is 0 Å². The predicted molar refractivity (Wildman–Crippen MR) is 69.6 cm³/mol. The predicted octanol–water partition coefficient (Wildman–Crippen LogP) is 2.00. The molecule has 2 aliphatic rings. The van der Waals surface area contributed by atoms with Crippen LogP contribution in [0.25, 0.3) is 0 Å². The molecule has 2 bridgehead atoms. The molecular weight excluding hydrogens is 210 g/mol. The molecule has 2 rings (SSSR count). The van der Waals surface area contributed by atoms with Crippen LogP contribution in [0.5, 0.6) is 0 Å². The van der Waals surface area contributed by atoms with Crippen molar-refractivity contribution >= 4 is 0 Å². The smallest absolute Gasteiger partial charge is 0.109 e. The summed E-state index contributed by atoms with van der Waals surface area (Å²) in [6.07, 6.45) is 4.99. The van der Waals surface area contributed by atoms with Crippen molar-refractivity contribution in [2.75, 3.05) is 26.2 Å². The molecule has 96 valence electrons. The minimum Gasteiger partial charge on any atom is -0.303 e. The van der Waals surface area contributed by atoms with Crippen LogP contribution in [0, 0.1) is 23.2 Å².